The van der Waals surface area contributed by atoms with Gasteiger partial charge in [0.15, 0.2) is 0 Å². The quantitative estimate of drug-likeness (QED) is 0.683. The fraction of sp³-hybridized carbons (Fsp3) is 0.600. The van der Waals surface area contributed by atoms with Gasteiger partial charge in [-0.3, -0.25) is 4.79 Å². The van der Waals surface area contributed by atoms with Crippen LogP contribution in [0, 0.1) is 0 Å². The van der Waals surface area contributed by atoms with Crippen LogP contribution in [0.3, 0.4) is 0 Å². The van der Waals surface area contributed by atoms with E-state index in [0.29, 0.717) is 44.3 Å². The van der Waals surface area contributed by atoms with Crippen molar-refractivity contribution in [2.75, 3.05) is 31.1 Å². The molecule has 3 heterocycles. The van der Waals surface area contributed by atoms with Crippen LogP contribution < -0.4 is 4.90 Å². The lowest BCUT2D eigenvalue weighted by Gasteiger charge is -2.34. The molecule has 1 fully saturated rings. The molecule has 19 heavy (non-hydrogen) atoms. The van der Waals surface area contributed by atoms with Crippen LogP contribution >= 0.6 is 0 Å². The molecule has 2 aromatic rings. The second-order valence-corrected chi connectivity index (χ2v) is 4.30. The van der Waals surface area contributed by atoms with Gasteiger partial charge in [-0.25, -0.2) is 0 Å². The molecule has 0 atom stereocenters. The van der Waals surface area contributed by atoms with Gasteiger partial charge in [0, 0.05) is 32.6 Å². The largest absolute Gasteiger partial charge is 0.339 e. The summed E-state index contributed by atoms with van der Waals surface area (Å²) >= 11 is 0. The van der Waals surface area contributed by atoms with Crippen molar-refractivity contribution in [2.45, 2.75) is 13.3 Å². The van der Waals surface area contributed by atoms with Crippen LogP contribution in [0.1, 0.15) is 13.3 Å². The minimum absolute atomic E-state index is 0.188. The van der Waals surface area contributed by atoms with Gasteiger partial charge in [-0.05, 0) is 0 Å². The van der Waals surface area contributed by atoms with Gasteiger partial charge in [0.2, 0.25) is 5.91 Å². The molecule has 2 aromatic heterocycles. The predicted molar refractivity (Wildman–Crippen MR) is 65.5 cm³/mol. The highest BCUT2D eigenvalue weighted by atomic mass is 16.2. The van der Waals surface area contributed by atoms with Gasteiger partial charge in [0.05, 0.1) is 0 Å². The minimum atomic E-state index is 0.188. The number of carbonyl (C=O) groups is 1. The van der Waals surface area contributed by atoms with E-state index >= 15 is 0 Å². The van der Waals surface area contributed by atoms with Crippen molar-refractivity contribution in [3.63, 3.8) is 0 Å². The van der Waals surface area contributed by atoms with Gasteiger partial charge in [-0.15, -0.1) is 25.5 Å². The van der Waals surface area contributed by atoms with E-state index in [9.17, 15) is 4.79 Å². The summed E-state index contributed by atoms with van der Waals surface area (Å²) in [5.41, 5.74) is 0. The molecule has 100 valence electrons. The molecule has 0 radical (unpaired) electrons. The highest BCUT2D eigenvalue weighted by Crippen LogP contribution is 2.10. The Labute approximate surface area is 109 Å². The maximum Gasteiger partial charge on any atom is 0.290 e. The third-order valence-corrected chi connectivity index (χ3v) is 3.16. The first-order valence-electron chi connectivity index (χ1n) is 6.21. The van der Waals surface area contributed by atoms with Crippen LogP contribution in [0.4, 0.5) is 5.95 Å². The molecule has 9 heteroatoms. The van der Waals surface area contributed by atoms with Crippen molar-refractivity contribution in [1.29, 1.82) is 0 Å². The average molecular weight is 262 g/mol. The summed E-state index contributed by atoms with van der Waals surface area (Å²) in [6.07, 6.45) is 2.04. The summed E-state index contributed by atoms with van der Waals surface area (Å²) < 4.78 is 1.49. The Balaban J connectivity index is 1.72. The van der Waals surface area contributed by atoms with Crippen LogP contribution in [0.2, 0.25) is 0 Å². The zero-order valence-corrected chi connectivity index (χ0v) is 10.6. The molecule has 1 saturated heterocycles. The lowest BCUT2D eigenvalue weighted by Crippen LogP contribution is -2.49. The third-order valence-electron chi connectivity index (χ3n) is 3.16. The van der Waals surface area contributed by atoms with Crippen molar-refractivity contribution in [1.82, 2.24) is 34.9 Å². The summed E-state index contributed by atoms with van der Waals surface area (Å²) in [5, 5.41) is 19.7. The number of fused-ring (bicyclic) bond motifs is 1. The Morgan fingerprint density at radius 2 is 2.00 bits per heavy atom. The lowest BCUT2D eigenvalue weighted by atomic mass is 10.3. The molecule has 0 unspecified atom stereocenters. The van der Waals surface area contributed by atoms with E-state index in [0.717, 1.165) is 0 Å². The lowest BCUT2D eigenvalue weighted by molar-refractivity contribution is -0.131. The topological polar surface area (TPSA) is 92.4 Å². The van der Waals surface area contributed by atoms with Crippen molar-refractivity contribution in [3.05, 3.63) is 6.33 Å². The average Bonchev–Trinajstić information content (AvgIpc) is 2.94. The molecule has 0 spiro atoms. The van der Waals surface area contributed by atoms with Gasteiger partial charge < -0.3 is 9.80 Å². The number of rotatable bonds is 2. The van der Waals surface area contributed by atoms with Gasteiger partial charge in [0.1, 0.15) is 6.33 Å². The molecule has 1 aliphatic rings. The number of aromatic nitrogens is 6. The van der Waals surface area contributed by atoms with Crippen LogP contribution in [-0.4, -0.2) is 67.0 Å². The highest BCUT2D eigenvalue weighted by molar-refractivity contribution is 5.76. The van der Waals surface area contributed by atoms with E-state index in [1.54, 1.807) is 0 Å². The number of nitrogens with zero attached hydrogens (tertiary/aromatic N) is 8. The van der Waals surface area contributed by atoms with Gasteiger partial charge >= 0.3 is 0 Å². The number of carbonyl (C=O) groups excluding carboxylic acids is 1. The second kappa shape index (κ2) is 4.75. The van der Waals surface area contributed by atoms with Gasteiger partial charge in [-0.1, -0.05) is 6.92 Å². The van der Waals surface area contributed by atoms with E-state index in [2.05, 4.69) is 25.5 Å². The molecule has 0 saturated carbocycles. The van der Waals surface area contributed by atoms with Crippen molar-refractivity contribution >= 4 is 17.6 Å². The second-order valence-electron chi connectivity index (χ2n) is 4.30. The molecular weight excluding hydrogens is 248 g/mol. The standard InChI is InChI=1S/C10H14N8O/c1-2-8(19)16-3-5-17(6-4-16)10-14-13-9-12-11-7-18(9)15-10/h7H,2-6H2,1H3. The monoisotopic (exact) mass is 262 g/mol. The van der Waals surface area contributed by atoms with Crippen LogP contribution in [0.15, 0.2) is 6.33 Å². The molecular formula is C10H14N8O. The number of anilines is 1. The van der Waals surface area contributed by atoms with Gasteiger partial charge in [-0.2, -0.15) is 4.52 Å². The predicted octanol–water partition coefficient (Wildman–Crippen LogP) is -1.03. The summed E-state index contributed by atoms with van der Waals surface area (Å²) in [4.78, 5) is 15.5. The third kappa shape index (κ3) is 2.18. The molecule has 0 aromatic carbocycles. The number of amides is 1. The summed E-state index contributed by atoms with van der Waals surface area (Å²) in [6, 6.07) is 0. The first kappa shape index (κ1) is 11.8. The maximum absolute atomic E-state index is 11.6. The molecule has 0 aliphatic carbocycles. The summed E-state index contributed by atoms with van der Waals surface area (Å²) in [7, 11) is 0. The molecule has 3 rings (SSSR count). The smallest absolute Gasteiger partial charge is 0.290 e. The fourth-order valence-electron chi connectivity index (χ4n) is 2.07. The SMILES string of the molecule is CCC(=O)N1CCN(c2nnc3nncn3n2)CC1. The maximum atomic E-state index is 11.6. The zero-order chi connectivity index (χ0) is 13.2. The number of hydrogen-bond acceptors (Lipinski definition) is 7. The highest BCUT2D eigenvalue weighted by Gasteiger charge is 2.22. The Morgan fingerprint density at radius 3 is 2.74 bits per heavy atom. The first-order chi connectivity index (χ1) is 9.28. The van der Waals surface area contributed by atoms with Crippen molar-refractivity contribution in [3.8, 4) is 0 Å². The van der Waals surface area contributed by atoms with Crippen molar-refractivity contribution < 1.29 is 4.79 Å². The van der Waals surface area contributed by atoms with E-state index < -0.39 is 0 Å². The Bertz CT molecular complexity index is 588. The van der Waals surface area contributed by atoms with Crippen LogP contribution in [-0.2, 0) is 4.79 Å². The molecule has 9 nitrogen and oxygen atoms in total. The van der Waals surface area contributed by atoms with E-state index in [-0.39, 0.29) is 5.91 Å². The fourth-order valence-corrected chi connectivity index (χ4v) is 2.07. The van der Waals surface area contributed by atoms with E-state index in [1.807, 2.05) is 16.7 Å². The number of piperazine rings is 1. The Morgan fingerprint density at radius 1 is 1.21 bits per heavy atom. The van der Waals surface area contributed by atoms with Crippen LogP contribution in [0.25, 0.3) is 5.78 Å². The van der Waals surface area contributed by atoms with Gasteiger partial charge in [0.25, 0.3) is 11.7 Å². The Kier molecular flexibility index (Phi) is 2.94. The summed E-state index contributed by atoms with van der Waals surface area (Å²) in [5.74, 6) is 1.10. The normalized spacial score (nSPS) is 16.1. The zero-order valence-electron chi connectivity index (χ0n) is 10.6. The molecule has 0 N–H and O–H groups in total. The molecule has 1 aliphatic heterocycles. The first-order valence-corrected chi connectivity index (χ1v) is 6.21. The van der Waals surface area contributed by atoms with Crippen molar-refractivity contribution in [2.24, 2.45) is 0 Å². The van der Waals surface area contributed by atoms with E-state index in [4.69, 9.17) is 0 Å². The number of hydrogen-bond donors (Lipinski definition) is 0. The summed E-state index contributed by atoms with van der Waals surface area (Å²) in [6.45, 7) is 4.68. The van der Waals surface area contributed by atoms with E-state index in [1.165, 1.54) is 10.8 Å². The molecule has 0 bridgehead atoms. The Hall–Kier alpha value is -2.32. The minimum Gasteiger partial charge on any atom is -0.339 e. The molecule has 1 amide bonds. The van der Waals surface area contributed by atoms with Crippen LogP contribution in [0.5, 0.6) is 0 Å².